The molecule has 0 radical (unpaired) electrons. The monoisotopic (exact) mass is 582 g/mol. The second kappa shape index (κ2) is 12.1. The van der Waals surface area contributed by atoms with Gasteiger partial charge in [-0.2, -0.15) is 4.98 Å². The molecular formula is C29H38ClN5O3S. The van der Waals surface area contributed by atoms with Crippen LogP contribution in [0, 0.1) is 6.92 Å². The third-order valence-electron chi connectivity index (χ3n) is 5.79. The number of rotatable bonds is 9. The SMILES string of the molecule is [2H]c1c([2H])c([2H])c(S(=O)(=O)C([2H])(C)C)c(Nc2nc(Nc3c([2H])c(C)c(C4CC([2H])([2H])NC([2H])(C)C4)c([2H])c3OC([2H])(C)C)ncc2Cl)c1[2H]. The standard InChI is InChI=1S/C29H38ClN5O3S/c1-17(2)38-26-15-22(21-11-12-31-20(6)14-21)19(5)13-25(26)34-29-32-16-23(30)28(35-29)33-24-9-7-8-10-27(24)39(36,37)18(3)4/h7-10,13,15-18,20-21,31H,11-12,14H2,1-6H3,(H2,32,33,34,35)/i7D,8D,9D,10D,12D2,13D,15D,17D,18D,20D. The van der Waals surface area contributed by atoms with Crippen LogP contribution in [-0.4, -0.2) is 42.2 Å². The van der Waals surface area contributed by atoms with Gasteiger partial charge in [-0.05, 0) is 102 Å². The number of ether oxygens (including phenoxy) is 1. The largest absolute Gasteiger partial charge is 0.489 e. The Morgan fingerprint density at radius 2 is 1.97 bits per heavy atom. The summed E-state index contributed by atoms with van der Waals surface area (Å²) in [5.74, 6) is -1.48. The molecule has 2 aromatic carbocycles. The van der Waals surface area contributed by atoms with Gasteiger partial charge in [0.15, 0.2) is 15.7 Å². The average molecular weight is 583 g/mol. The zero-order chi connectivity index (χ0) is 38.1. The van der Waals surface area contributed by atoms with Crippen LogP contribution >= 0.6 is 11.6 Å². The summed E-state index contributed by atoms with van der Waals surface area (Å²) in [4.78, 5) is 7.52. The maximum absolute atomic E-state index is 13.4. The summed E-state index contributed by atoms with van der Waals surface area (Å²) in [6.07, 6.45) is -0.483. The normalized spacial score (nSPS) is 25.6. The molecule has 8 nitrogen and oxygen atoms in total. The van der Waals surface area contributed by atoms with Crippen molar-refractivity contribution in [2.24, 2.45) is 0 Å². The lowest BCUT2D eigenvalue weighted by atomic mass is 9.84. The van der Waals surface area contributed by atoms with Gasteiger partial charge in [-0.3, -0.25) is 0 Å². The topological polar surface area (TPSA) is 105 Å². The Balaban J connectivity index is 1.88. The number of para-hydroxylation sites is 1. The number of halogens is 1. The first-order valence-corrected chi connectivity index (χ1v) is 14.0. The highest BCUT2D eigenvalue weighted by Gasteiger charge is 2.25. The molecule has 1 fully saturated rings. The van der Waals surface area contributed by atoms with E-state index in [0.29, 0.717) is 0 Å². The lowest BCUT2D eigenvalue weighted by molar-refractivity contribution is 0.243. The molecule has 1 aliphatic heterocycles. The lowest BCUT2D eigenvalue weighted by Crippen LogP contribution is -2.35. The Bertz CT molecular complexity index is 1950. The number of nitrogens with zero attached hydrogens (tertiary/aromatic N) is 2. The number of aromatic nitrogens is 2. The number of anilines is 4. The number of benzene rings is 2. The summed E-state index contributed by atoms with van der Waals surface area (Å²) in [7, 11) is -4.69. The van der Waals surface area contributed by atoms with Crippen molar-refractivity contribution in [3.63, 3.8) is 0 Å². The first kappa shape index (κ1) is 17.7. The Kier molecular flexibility index (Phi) is 5.50. The van der Waals surface area contributed by atoms with Gasteiger partial charge in [-0.1, -0.05) is 23.7 Å². The fraction of sp³-hybridized carbons (Fsp3) is 0.448. The van der Waals surface area contributed by atoms with Crippen LogP contribution < -0.4 is 20.7 Å². The van der Waals surface area contributed by atoms with Crippen molar-refractivity contribution < 1.29 is 28.2 Å². The summed E-state index contributed by atoms with van der Waals surface area (Å²) in [6, 6.07) is -5.06. The van der Waals surface area contributed by atoms with Crippen LogP contribution in [0.15, 0.2) is 47.3 Å². The van der Waals surface area contributed by atoms with Gasteiger partial charge in [0.05, 0.1) is 43.4 Å². The maximum Gasteiger partial charge on any atom is 0.229 e. The highest BCUT2D eigenvalue weighted by atomic mass is 35.5. The molecule has 0 aliphatic carbocycles. The number of piperidine rings is 1. The van der Waals surface area contributed by atoms with E-state index in [4.69, 9.17) is 31.4 Å². The van der Waals surface area contributed by atoms with Crippen LogP contribution in [0.4, 0.5) is 23.1 Å². The molecule has 1 saturated heterocycles. The van der Waals surface area contributed by atoms with Crippen molar-refractivity contribution in [1.29, 1.82) is 0 Å². The van der Waals surface area contributed by atoms with Crippen molar-refractivity contribution in [3.05, 3.63) is 58.6 Å². The molecule has 2 unspecified atom stereocenters. The summed E-state index contributed by atoms with van der Waals surface area (Å²) in [6.45, 7) is 6.10. The quantitative estimate of drug-likeness (QED) is 0.254. The average Bonchev–Trinajstić information content (AvgIpc) is 2.94. The summed E-state index contributed by atoms with van der Waals surface area (Å²) in [5, 5.41) is 5.64. The van der Waals surface area contributed by atoms with Gasteiger partial charge in [-0.15, -0.1) is 0 Å². The Labute approximate surface area is 252 Å². The molecule has 2 heterocycles. The van der Waals surface area contributed by atoms with Gasteiger partial charge in [0.2, 0.25) is 5.95 Å². The van der Waals surface area contributed by atoms with E-state index in [0.717, 1.165) is 20.0 Å². The molecule has 1 aliphatic rings. The predicted octanol–water partition coefficient (Wildman–Crippen LogP) is 6.75. The molecule has 39 heavy (non-hydrogen) atoms. The third-order valence-corrected chi connectivity index (χ3v) is 7.99. The summed E-state index contributed by atoms with van der Waals surface area (Å²) < 4.78 is 126. The van der Waals surface area contributed by atoms with Crippen LogP contribution in [-0.2, 0) is 9.84 Å². The van der Waals surface area contributed by atoms with E-state index in [-0.39, 0.29) is 64.3 Å². The van der Waals surface area contributed by atoms with Gasteiger partial charge >= 0.3 is 0 Å². The van der Waals surface area contributed by atoms with E-state index < -0.39 is 74.3 Å². The van der Waals surface area contributed by atoms with E-state index in [2.05, 4.69) is 25.9 Å². The minimum absolute atomic E-state index is 0.0895. The number of hydrogen-bond acceptors (Lipinski definition) is 8. The maximum atomic E-state index is 13.4. The lowest BCUT2D eigenvalue weighted by Gasteiger charge is -2.30. The smallest absolute Gasteiger partial charge is 0.229 e. The molecule has 10 heteroatoms. The molecule has 3 aromatic rings. The van der Waals surface area contributed by atoms with E-state index >= 15 is 0 Å². The van der Waals surface area contributed by atoms with Gasteiger partial charge in [0, 0.05) is 11.5 Å². The molecule has 0 saturated carbocycles. The van der Waals surface area contributed by atoms with Crippen molar-refractivity contribution in [2.45, 2.75) is 82.5 Å². The highest BCUT2D eigenvalue weighted by molar-refractivity contribution is 7.92. The van der Waals surface area contributed by atoms with Gasteiger partial charge in [0.1, 0.15) is 10.8 Å². The van der Waals surface area contributed by atoms with Gasteiger partial charge < -0.3 is 20.7 Å². The van der Waals surface area contributed by atoms with E-state index in [1.807, 2.05) is 0 Å². The summed E-state index contributed by atoms with van der Waals surface area (Å²) >= 11 is 6.36. The zero-order valence-corrected chi connectivity index (χ0v) is 24.0. The second-order valence-corrected chi connectivity index (χ2v) is 12.1. The van der Waals surface area contributed by atoms with Crippen molar-refractivity contribution in [3.8, 4) is 5.75 Å². The molecule has 0 amide bonds. The van der Waals surface area contributed by atoms with Gasteiger partial charge in [-0.25, -0.2) is 13.4 Å². The van der Waals surface area contributed by atoms with E-state index in [9.17, 15) is 8.42 Å². The molecule has 210 valence electrons. The fourth-order valence-corrected chi connectivity index (χ4v) is 5.03. The Hall–Kier alpha value is -2.88. The fourth-order valence-electron chi connectivity index (χ4n) is 3.93. The summed E-state index contributed by atoms with van der Waals surface area (Å²) in [5.41, 5.74) is -0.170. The van der Waals surface area contributed by atoms with Crippen molar-refractivity contribution in [2.75, 3.05) is 17.1 Å². The van der Waals surface area contributed by atoms with E-state index in [1.54, 1.807) is 6.92 Å². The third kappa shape index (κ3) is 6.83. The molecule has 0 bridgehead atoms. The first-order valence-electron chi connectivity index (χ1n) is 17.6. The van der Waals surface area contributed by atoms with Crippen LogP contribution in [0.25, 0.3) is 0 Å². The number of sulfone groups is 1. The van der Waals surface area contributed by atoms with Crippen LogP contribution in [0.5, 0.6) is 5.75 Å². The number of hydrogen-bond donors (Lipinski definition) is 3. The van der Waals surface area contributed by atoms with Crippen molar-refractivity contribution in [1.82, 2.24) is 15.3 Å². The molecule has 1 aromatic heterocycles. The van der Waals surface area contributed by atoms with Crippen molar-refractivity contribution >= 4 is 44.6 Å². The molecular weight excluding hydrogens is 534 g/mol. The second-order valence-electron chi connectivity index (χ2n) is 9.45. The zero-order valence-electron chi connectivity index (χ0n) is 33.5. The van der Waals surface area contributed by atoms with E-state index in [1.165, 1.54) is 20.8 Å². The molecule has 4 rings (SSSR count). The molecule has 0 spiro atoms. The van der Waals surface area contributed by atoms with Crippen LogP contribution in [0.3, 0.4) is 0 Å². The minimum Gasteiger partial charge on any atom is -0.489 e. The highest BCUT2D eigenvalue weighted by Crippen LogP contribution is 2.38. The molecule has 2 atom stereocenters. The van der Waals surface area contributed by atoms with Crippen LogP contribution in [0.1, 0.15) is 79.6 Å². The first-order chi connectivity index (χ1) is 22.6. The van der Waals surface area contributed by atoms with Crippen LogP contribution in [0.2, 0.25) is 5.02 Å². The Morgan fingerprint density at radius 3 is 2.67 bits per heavy atom. The van der Waals surface area contributed by atoms with Gasteiger partial charge in [0.25, 0.3) is 0 Å². The predicted molar refractivity (Wildman–Crippen MR) is 159 cm³/mol. The Morgan fingerprint density at radius 1 is 1.23 bits per heavy atom. The molecule has 3 N–H and O–H groups in total. The minimum atomic E-state index is -4.69. The number of nitrogens with one attached hydrogen (secondary N) is 3.